The van der Waals surface area contributed by atoms with Gasteiger partial charge in [0.1, 0.15) is 11.5 Å². The zero-order valence-electron chi connectivity index (χ0n) is 16.1. The van der Waals surface area contributed by atoms with Crippen molar-refractivity contribution in [1.29, 1.82) is 0 Å². The number of anilines is 1. The highest BCUT2D eigenvalue weighted by Gasteiger charge is 2.47. The molecule has 2 heterocycles. The summed E-state index contributed by atoms with van der Waals surface area (Å²) >= 11 is 7.26. The van der Waals surface area contributed by atoms with E-state index in [0.717, 1.165) is 5.56 Å². The smallest absolute Gasteiger partial charge is 0.301 e. The van der Waals surface area contributed by atoms with Crippen LogP contribution in [0.3, 0.4) is 0 Å². The van der Waals surface area contributed by atoms with Crippen molar-refractivity contribution in [3.63, 3.8) is 0 Å². The number of thiazole rings is 1. The number of carbonyl (C=O) groups excluding carboxylic acids is 2. The molecule has 8 heteroatoms. The zero-order chi connectivity index (χ0) is 21.4. The Balaban J connectivity index is 1.92. The Hall–Kier alpha value is -3.16. The van der Waals surface area contributed by atoms with Crippen LogP contribution in [-0.4, -0.2) is 28.9 Å². The molecule has 1 N–H and O–H groups in total. The van der Waals surface area contributed by atoms with Gasteiger partial charge in [-0.05, 0) is 48.4 Å². The van der Waals surface area contributed by atoms with E-state index in [4.69, 9.17) is 16.3 Å². The lowest BCUT2D eigenvalue weighted by Gasteiger charge is -2.23. The fourth-order valence-corrected chi connectivity index (χ4v) is 4.30. The van der Waals surface area contributed by atoms with E-state index >= 15 is 0 Å². The highest BCUT2D eigenvalue weighted by atomic mass is 35.5. The Labute approximate surface area is 182 Å². The largest absolute Gasteiger partial charge is 0.507 e. The number of halogens is 1. The molecule has 0 unspecified atom stereocenters. The van der Waals surface area contributed by atoms with Crippen molar-refractivity contribution in [3.05, 3.63) is 81.3 Å². The standard InChI is InChI=1S/C22H17ClN2O4S/c1-12-11-14(5-8-16(12)29-2)19(26)17-18(13-3-6-15(23)7-4-13)25(21(28)20(17)27)22-24-9-10-30-22/h3-11,18,26H,1-2H3/t18-/m1/s1. The number of nitrogens with zero attached hydrogens (tertiary/aromatic N) is 2. The number of aryl methyl sites for hydroxylation is 1. The number of aliphatic hydroxyl groups is 1. The molecule has 30 heavy (non-hydrogen) atoms. The van der Waals surface area contributed by atoms with Crippen LogP contribution in [0.4, 0.5) is 5.13 Å². The number of ketones is 1. The number of rotatable bonds is 4. The molecule has 1 fully saturated rings. The highest BCUT2D eigenvalue weighted by Crippen LogP contribution is 2.43. The van der Waals surface area contributed by atoms with E-state index in [-0.39, 0.29) is 11.3 Å². The van der Waals surface area contributed by atoms with Crippen molar-refractivity contribution in [3.8, 4) is 5.75 Å². The number of Topliss-reactive ketones (excluding diaryl/α,β-unsaturated/α-hetero) is 1. The van der Waals surface area contributed by atoms with Gasteiger partial charge >= 0.3 is 5.91 Å². The summed E-state index contributed by atoms with van der Waals surface area (Å²) in [7, 11) is 1.56. The minimum Gasteiger partial charge on any atom is -0.507 e. The second kappa shape index (κ2) is 7.93. The average molecular weight is 441 g/mol. The second-order valence-corrected chi connectivity index (χ2v) is 8.03. The summed E-state index contributed by atoms with van der Waals surface area (Å²) in [6.07, 6.45) is 1.56. The van der Waals surface area contributed by atoms with Gasteiger partial charge in [0, 0.05) is 22.2 Å². The molecule has 152 valence electrons. The van der Waals surface area contributed by atoms with Crippen LogP contribution in [-0.2, 0) is 9.59 Å². The Bertz CT molecular complexity index is 1160. The number of ether oxygens (including phenoxy) is 1. The zero-order valence-corrected chi connectivity index (χ0v) is 17.7. The second-order valence-electron chi connectivity index (χ2n) is 6.72. The molecule has 1 atom stereocenters. The van der Waals surface area contributed by atoms with Crippen molar-refractivity contribution in [1.82, 2.24) is 4.98 Å². The van der Waals surface area contributed by atoms with Gasteiger partial charge in [-0.15, -0.1) is 11.3 Å². The first kappa shape index (κ1) is 20.1. The maximum absolute atomic E-state index is 13.0. The summed E-state index contributed by atoms with van der Waals surface area (Å²) in [5.41, 5.74) is 1.85. The maximum Gasteiger partial charge on any atom is 0.301 e. The topological polar surface area (TPSA) is 79.7 Å². The molecule has 3 aromatic rings. The minimum absolute atomic E-state index is 0.00193. The van der Waals surface area contributed by atoms with E-state index in [0.29, 0.717) is 27.0 Å². The van der Waals surface area contributed by atoms with Gasteiger partial charge in [-0.25, -0.2) is 4.98 Å². The van der Waals surface area contributed by atoms with Crippen LogP contribution in [0.25, 0.3) is 5.76 Å². The molecule has 1 saturated heterocycles. The summed E-state index contributed by atoms with van der Waals surface area (Å²) in [5.74, 6) is -1.10. The summed E-state index contributed by atoms with van der Waals surface area (Å²) in [6.45, 7) is 1.83. The third-order valence-electron chi connectivity index (χ3n) is 4.92. The predicted octanol–water partition coefficient (Wildman–Crippen LogP) is 4.74. The van der Waals surface area contributed by atoms with Gasteiger partial charge in [-0.2, -0.15) is 0 Å². The van der Waals surface area contributed by atoms with Crippen molar-refractivity contribution >= 4 is 45.5 Å². The van der Waals surface area contributed by atoms with E-state index in [1.54, 1.807) is 61.2 Å². The van der Waals surface area contributed by atoms with Crippen molar-refractivity contribution in [2.24, 2.45) is 0 Å². The van der Waals surface area contributed by atoms with Crippen molar-refractivity contribution < 1.29 is 19.4 Å². The number of hydrogen-bond donors (Lipinski definition) is 1. The normalized spacial score (nSPS) is 18.1. The monoisotopic (exact) mass is 440 g/mol. The van der Waals surface area contributed by atoms with Crippen molar-refractivity contribution in [2.75, 3.05) is 12.0 Å². The van der Waals surface area contributed by atoms with Crippen LogP contribution in [0.15, 0.2) is 59.6 Å². The summed E-state index contributed by atoms with van der Waals surface area (Å²) < 4.78 is 5.26. The summed E-state index contributed by atoms with van der Waals surface area (Å²) in [6, 6.07) is 11.1. The number of aliphatic hydroxyl groups excluding tert-OH is 1. The lowest BCUT2D eigenvalue weighted by Crippen LogP contribution is -2.29. The molecule has 0 saturated carbocycles. The van der Waals surface area contributed by atoms with Gasteiger partial charge in [0.15, 0.2) is 5.13 Å². The Morgan fingerprint density at radius 3 is 2.53 bits per heavy atom. The van der Waals surface area contributed by atoms with Crippen LogP contribution < -0.4 is 9.64 Å². The van der Waals surface area contributed by atoms with Gasteiger partial charge in [0.05, 0.1) is 18.7 Å². The molecule has 0 radical (unpaired) electrons. The number of benzene rings is 2. The Morgan fingerprint density at radius 2 is 1.93 bits per heavy atom. The van der Waals surface area contributed by atoms with Gasteiger partial charge in [0.25, 0.3) is 5.78 Å². The Morgan fingerprint density at radius 1 is 1.20 bits per heavy atom. The van der Waals surface area contributed by atoms with E-state index < -0.39 is 17.7 Å². The lowest BCUT2D eigenvalue weighted by atomic mass is 9.95. The summed E-state index contributed by atoms with van der Waals surface area (Å²) in [4.78, 5) is 31.4. The Kier molecular flexibility index (Phi) is 5.32. The number of amides is 1. The van der Waals surface area contributed by atoms with E-state index in [2.05, 4.69) is 4.98 Å². The van der Waals surface area contributed by atoms with Gasteiger partial charge in [-0.3, -0.25) is 14.5 Å². The molecule has 1 aromatic heterocycles. The molecule has 0 aliphatic carbocycles. The number of methoxy groups -OCH3 is 1. The fourth-order valence-electron chi connectivity index (χ4n) is 3.51. The quantitative estimate of drug-likeness (QED) is 0.360. The molecule has 1 aliphatic rings. The fraction of sp³-hybridized carbons (Fsp3) is 0.136. The third-order valence-corrected chi connectivity index (χ3v) is 5.95. The highest BCUT2D eigenvalue weighted by molar-refractivity contribution is 7.14. The van der Waals surface area contributed by atoms with Gasteiger partial charge < -0.3 is 9.84 Å². The van der Waals surface area contributed by atoms with Gasteiger partial charge in [-0.1, -0.05) is 23.7 Å². The molecular formula is C22H17ClN2O4S. The molecule has 2 aromatic carbocycles. The van der Waals surface area contributed by atoms with Crippen LogP contribution in [0, 0.1) is 6.92 Å². The minimum atomic E-state index is -0.823. The lowest BCUT2D eigenvalue weighted by molar-refractivity contribution is -0.132. The van der Waals surface area contributed by atoms with E-state index in [1.807, 2.05) is 6.92 Å². The first-order valence-corrected chi connectivity index (χ1v) is 10.3. The molecule has 1 amide bonds. The maximum atomic E-state index is 13.0. The van der Waals surface area contributed by atoms with Crippen LogP contribution >= 0.6 is 22.9 Å². The van der Waals surface area contributed by atoms with Crippen LogP contribution in [0.5, 0.6) is 5.75 Å². The number of aromatic nitrogens is 1. The average Bonchev–Trinajstić information content (AvgIpc) is 3.35. The first-order valence-electron chi connectivity index (χ1n) is 9.03. The van der Waals surface area contributed by atoms with Gasteiger partial charge in [0.2, 0.25) is 0 Å². The molecular weight excluding hydrogens is 424 g/mol. The molecule has 0 bridgehead atoms. The molecule has 0 spiro atoms. The SMILES string of the molecule is COc1ccc(C(O)=C2C(=O)C(=O)N(c3nccs3)[C@@H]2c2ccc(Cl)cc2)cc1C. The van der Waals surface area contributed by atoms with Crippen molar-refractivity contribution in [2.45, 2.75) is 13.0 Å². The summed E-state index contributed by atoms with van der Waals surface area (Å²) in [5, 5.41) is 13.7. The van der Waals surface area contributed by atoms with E-state index in [1.165, 1.54) is 16.2 Å². The molecule has 4 rings (SSSR count). The van der Waals surface area contributed by atoms with Crippen LogP contribution in [0.1, 0.15) is 22.7 Å². The van der Waals surface area contributed by atoms with Crippen LogP contribution in [0.2, 0.25) is 5.02 Å². The van der Waals surface area contributed by atoms with E-state index in [9.17, 15) is 14.7 Å². The number of hydrogen-bond acceptors (Lipinski definition) is 6. The molecule has 6 nitrogen and oxygen atoms in total. The third kappa shape index (κ3) is 3.36. The number of carbonyl (C=O) groups is 2. The predicted molar refractivity (Wildman–Crippen MR) is 116 cm³/mol. The first-order chi connectivity index (χ1) is 14.4. The molecule has 1 aliphatic heterocycles.